The van der Waals surface area contributed by atoms with Crippen LogP contribution in [0, 0.1) is 35.0 Å². The molecule has 40 heteroatoms. The normalized spacial score (nSPS) is 22.0. The van der Waals surface area contributed by atoms with Crippen molar-refractivity contribution >= 4 is 21.2 Å². The van der Waals surface area contributed by atoms with Gasteiger partial charge >= 0.3 is 21.2 Å². The van der Waals surface area contributed by atoms with Crippen LogP contribution in [0.3, 0.4) is 0 Å². The molecule has 0 amide bonds. The van der Waals surface area contributed by atoms with Crippen molar-refractivity contribution in [2.75, 3.05) is 164 Å². The summed E-state index contributed by atoms with van der Waals surface area (Å²) in [6, 6.07) is 0. The van der Waals surface area contributed by atoms with E-state index < -0.39 is 136 Å². The summed E-state index contributed by atoms with van der Waals surface area (Å²) in [5.74, 6) is -15.1. The fourth-order valence-corrected chi connectivity index (χ4v) is 10.5. The van der Waals surface area contributed by atoms with E-state index in [2.05, 4.69) is 30.3 Å². The van der Waals surface area contributed by atoms with Crippen LogP contribution < -0.4 is 4.74 Å². The van der Waals surface area contributed by atoms with E-state index in [1.807, 2.05) is 0 Å². The minimum Gasteiger partial charge on any atom is -0.420 e. The first-order chi connectivity index (χ1) is 44.9. The molecule has 1 aliphatic carbocycles. The van der Waals surface area contributed by atoms with Crippen molar-refractivity contribution < 1.29 is 148 Å². The Labute approximate surface area is 537 Å². The molecule has 0 bridgehead atoms. The van der Waals surface area contributed by atoms with Gasteiger partial charge in [-0.15, -0.1) is 10.2 Å². The van der Waals surface area contributed by atoms with Crippen molar-refractivity contribution in [1.29, 1.82) is 0 Å². The van der Waals surface area contributed by atoms with Crippen LogP contribution in [-0.4, -0.2) is 310 Å². The number of aliphatic hydroxyl groups excluding tert-OH is 6. The number of ether oxygens (including phenoxy) is 13. The van der Waals surface area contributed by atoms with Gasteiger partial charge in [0, 0.05) is 44.9 Å². The second-order valence-corrected chi connectivity index (χ2v) is 25.1. The first kappa shape index (κ1) is 80.8. The van der Waals surface area contributed by atoms with E-state index >= 15 is 0 Å². The van der Waals surface area contributed by atoms with E-state index in [0.29, 0.717) is 136 Å². The van der Waals surface area contributed by atoms with Gasteiger partial charge in [0.05, 0.1) is 194 Å². The molecule has 1 saturated carbocycles. The number of hydrogen-bond acceptors (Lipinski definition) is 27. The average molecular weight is 1410 g/mol. The fourth-order valence-electron chi connectivity index (χ4n) is 9.23. The molecule has 3 aromatic rings. The number of rotatable bonds is 51. The highest BCUT2D eigenvalue weighted by Gasteiger charge is 2.45. The van der Waals surface area contributed by atoms with Gasteiger partial charge in [0.1, 0.15) is 30.5 Å². The molecule has 33 nitrogen and oxygen atoms in total. The van der Waals surface area contributed by atoms with Crippen LogP contribution in [0.1, 0.15) is 37.1 Å². The molecule has 1 aromatic carbocycles. The van der Waals surface area contributed by atoms with Gasteiger partial charge in [0.2, 0.25) is 34.8 Å². The van der Waals surface area contributed by atoms with Crippen LogP contribution in [0.25, 0.3) is 0 Å². The summed E-state index contributed by atoms with van der Waals surface area (Å²) in [6.07, 6.45) is -10.3. The van der Waals surface area contributed by atoms with Crippen LogP contribution in [0.5, 0.6) is 5.75 Å². The number of aromatic nitrogens is 6. The fraction of sp³-hybridized carbons (Fsp3) is 0.796. The van der Waals surface area contributed by atoms with Crippen molar-refractivity contribution in [3.8, 4) is 5.75 Å². The summed E-state index contributed by atoms with van der Waals surface area (Å²) >= 11 is 0. The molecule has 0 radical (unpaired) electrons. The lowest BCUT2D eigenvalue weighted by Crippen LogP contribution is -2.58. The van der Waals surface area contributed by atoms with Gasteiger partial charge in [-0.25, -0.2) is 22.5 Å². The highest BCUT2D eigenvalue weighted by molar-refractivity contribution is 7.52. The Balaban J connectivity index is 0.896. The third-order valence-electron chi connectivity index (χ3n) is 14.4. The Kier molecular flexibility index (Phi) is 37.4. The molecule has 540 valence electrons. The van der Waals surface area contributed by atoms with E-state index in [4.69, 9.17) is 66.6 Å². The number of halogens is 5. The minimum atomic E-state index is -4.40. The predicted octanol–water partition coefficient (Wildman–Crippen LogP) is -1.75. The number of aliphatic hydroxyl groups is 6. The number of carbonyl (C=O) groups is 1. The summed E-state index contributed by atoms with van der Waals surface area (Å²) < 4.78 is 165. The molecule has 2 aromatic heterocycles. The van der Waals surface area contributed by atoms with Gasteiger partial charge in [-0.2, -0.15) is 8.78 Å². The first-order valence-corrected chi connectivity index (χ1v) is 34.0. The zero-order valence-electron chi connectivity index (χ0n) is 51.7. The van der Waals surface area contributed by atoms with Crippen molar-refractivity contribution in [2.45, 2.75) is 107 Å². The first-order valence-electron chi connectivity index (χ1n) is 30.4. The zero-order chi connectivity index (χ0) is 68.5. The average Bonchev–Trinajstić information content (AvgIpc) is 1.12. The summed E-state index contributed by atoms with van der Waals surface area (Å²) in [5, 5.41) is 78.0. The number of esters is 1. The third-order valence-corrected chi connectivity index (χ3v) is 16.1. The van der Waals surface area contributed by atoms with Crippen molar-refractivity contribution in [3.63, 3.8) is 0 Å². The van der Waals surface area contributed by atoms with E-state index in [9.17, 15) is 76.3 Å². The number of benzene rings is 1. The lowest BCUT2D eigenvalue weighted by atomic mass is 9.79. The Morgan fingerprint density at radius 3 is 1.37 bits per heavy atom. The van der Waals surface area contributed by atoms with Gasteiger partial charge < -0.3 is 112 Å². The van der Waals surface area contributed by atoms with Crippen molar-refractivity contribution in [3.05, 3.63) is 52.9 Å². The second kappa shape index (κ2) is 43.5. The Bertz CT molecular complexity index is 2560. The van der Waals surface area contributed by atoms with E-state index in [0.717, 1.165) is 0 Å². The minimum absolute atomic E-state index is 0.00595. The van der Waals surface area contributed by atoms with Gasteiger partial charge in [0.15, 0.2) is 6.29 Å². The monoisotopic (exact) mass is 1410 g/mol. The summed E-state index contributed by atoms with van der Waals surface area (Å²) in [7, 11) is -8.71. The van der Waals surface area contributed by atoms with Crippen LogP contribution in [0.4, 0.5) is 22.0 Å². The van der Waals surface area contributed by atoms with Gasteiger partial charge in [0.25, 0.3) is 0 Å². The Hall–Kier alpha value is -3.84. The molecule has 5 rings (SSSR count). The maximum absolute atomic E-state index is 13.8. The molecule has 10 atom stereocenters. The van der Waals surface area contributed by atoms with Crippen LogP contribution in [0.15, 0.2) is 12.4 Å². The molecule has 0 spiro atoms. The van der Waals surface area contributed by atoms with Gasteiger partial charge in [-0.05, 0) is 25.2 Å². The van der Waals surface area contributed by atoms with Crippen molar-refractivity contribution in [1.82, 2.24) is 34.9 Å². The predicted molar refractivity (Wildman–Crippen MR) is 309 cm³/mol. The molecular weight excluding hydrogens is 1320 g/mol. The van der Waals surface area contributed by atoms with E-state index in [1.54, 1.807) is 21.8 Å². The van der Waals surface area contributed by atoms with Gasteiger partial charge in [-0.1, -0.05) is 10.4 Å². The molecule has 2 aliphatic rings. The lowest BCUT2D eigenvalue weighted by molar-refractivity contribution is -0.296. The maximum Gasteiger partial charge on any atom is 0.325 e. The molecule has 0 unspecified atom stereocenters. The SMILES string of the molecule is O=C(CCOCCOCCOCCN(CCOCCOCCOCCn1cc(CCO[C@H]2O[C@H](CCP(=O)(O)O)[C@@H](O)[C@H](O)[C@@H]2O)nn1)CCOCCOCCOCCn1cc(CCO[C@H]2C[C@H](CCP(=O)(O)O)[C@@H](O)[C@H](O)[C@@H]2O)nn1)Oc1c(F)c(F)c(F)c(F)c1F. The highest BCUT2D eigenvalue weighted by atomic mass is 31.2. The number of nitrogens with zero attached hydrogens (tertiary/aromatic N) is 7. The van der Waals surface area contributed by atoms with Crippen molar-refractivity contribution in [2.24, 2.45) is 5.92 Å². The third kappa shape index (κ3) is 30.5. The van der Waals surface area contributed by atoms with Crippen LogP contribution >= 0.6 is 15.2 Å². The molecular formula is C54H88F5N7O26P2. The second-order valence-electron chi connectivity index (χ2n) is 21.5. The molecule has 3 heterocycles. The molecule has 10 N–H and O–H groups in total. The summed E-state index contributed by atoms with van der Waals surface area (Å²) in [6.45, 7) is 6.83. The molecule has 2 fully saturated rings. The molecule has 1 saturated heterocycles. The smallest absolute Gasteiger partial charge is 0.325 e. The quantitative estimate of drug-likeness (QED) is 0.00569. The summed E-state index contributed by atoms with van der Waals surface area (Å²) in [5.41, 5.74) is 1.15. The van der Waals surface area contributed by atoms with Crippen LogP contribution in [0.2, 0.25) is 0 Å². The van der Waals surface area contributed by atoms with Gasteiger partial charge in [-0.3, -0.25) is 18.8 Å². The zero-order valence-corrected chi connectivity index (χ0v) is 53.5. The Morgan fingerprint density at radius 2 is 0.904 bits per heavy atom. The molecule has 1 aliphatic heterocycles. The Morgan fingerprint density at radius 1 is 0.500 bits per heavy atom. The van der Waals surface area contributed by atoms with E-state index in [1.165, 1.54) is 0 Å². The topological polar surface area (TPSA) is 438 Å². The standard InChI is InChI=1S/C54H88F5N7O26P2/c55-42-43(56)45(58)53(46(59)44(42)57)92-41(67)3-11-80-19-25-86-26-20-81-14-6-64(7-15-82-21-27-87-29-23-84-17-9-65-34-37(60-62-65)1-12-89-40-33-36(4-31-93(74,75)76)47(68)50(71)49(40)70)8-16-83-22-28-88-30-24-85-18-10-66-35-38(61-63-66)2-13-90-54-52(73)51(72)48(69)39(91-54)5-32-94(77,78)79/h34-36,39-40,47-52,54,68-73H,1-33H2,(H2,74,75,76)(H2,77,78,79)/t36-,39+,40-,47+,48+,49+,50-,51-,52-,54-/m0/s1. The highest BCUT2D eigenvalue weighted by Crippen LogP contribution is 2.40. The van der Waals surface area contributed by atoms with Crippen LogP contribution in [-0.2, 0) is 96.7 Å². The lowest BCUT2D eigenvalue weighted by Gasteiger charge is -2.40. The maximum atomic E-state index is 13.8. The number of hydrogen-bond donors (Lipinski definition) is 10. The largest absolute Gasteiger partial charge is 0.420 e. The molecule has 94 heavy (non-hydrogen) atoms. The van der Waals surface area contributed by atoms with E-state index in [-0.39, 0.29) is 71.9 Å². The number of carbonyl (C=O) groups excluding carboxylic acids is 1. The summed E-state index contributed by atoms with van der Waals surface area (Å²) in [4.78, 5) is 50.8.